The molecule has 0 aromatic heterocycles. The molecule has 2 unspecified atom stereocenters. The molecule has 0 aliphatic carbocycles. The number of hydrogen-bond acceptors (Lipinski definition) is 6. The predicted molar refractivity (Wildman–Crippen MR) is 70.6 cm³/mol. The maximum atomic E-state index is 10.5. The molecule has 6 heteroatoms. The van der Waals surface area contributed by atoms with E-state index in [2.05, 4.69) is 4.74 Å². The Morgan fingerprint density at radius 2 is 1.68 bits per heavy atom. The van der Waals surface area contributed by atoms with Gasteiger partial charge in [-0.2, -0.15) is 0 Å². The van der Waals surface area contributed by atoms with Crippen molar-refractivity contribution < 1.29 is 28.9 Å². The molecule has 0 spiro atoms. The summed E-state index contributed by atoms with van der Waals surface area (Å²) in [6, 6.07) is 0. The van der Waals surface area contributed by atoms with Crippen molar-refractivity contribution >= 4 is 11.9 Å². The van der Waals surface area contributed by atoms with E-state index in [0.29, 0.717) is 6.61 Å². The van der Waals surface area contributed by atoms with Crippen molar-refractivity contribution in [3.05, 3.63) is 0 Å². The third-order valence-corrected chi connectivity index (χ3v) is 2.31. The summed E-state index contributed by atoms with van der Waals surface area (Å²) in [5.41, 5.74) is 0. The van der Waals surface area contributed by atoms with E-state index >= 15 is 0 Å². The highest BCUT2D eigenvalue weighted by Gasteiger charge is 2.18. The maximum Gasteiger partial charge on any atom is 0.334 e. The lowest BCUT2D eigenvalue weighted by Crippen LogP contribution is -2.26. The lowest BCUT2D eigenvalue weighted by atomic mass is 10.1. The van der Waals surface area contributed by atoms with Gasteiger partial charge in [-0.15, -0.1) is 0 Å². The minimum absolute atomic E-state index is 0.0718. The first-order chi connectivity index (χ1) is 8.76. The molecule has 0 bridgehead atoms. The number of carbonyl (C=O) groups excluding carboxylic acids is 2. The molecule has 1 N–H and O–H groups in total. The van der Waals surface area contributed by atoms with E-state index in [0.717, 1.165) is 6.42 Å². The van der Waals surface area contributed by atoms with Crippen LogP contribution in [0.15, 0.2) is 0 Å². The predicted octanol–water partition coefficient (Wildman–Crippen LogP) is 1.15. The van der Waals surface area contributed by atoms with Crippen LogP contribution in [-0.2, 0) is 23.8 Å². The smallest absolute Gasteiger partial charge is 0.334 e. The molecule has 0 fully saturated rings. The Morgan fingerprint density at radius 1 is 1.16 bits per heavy atom. The molecular weight excluding hydrogens is 252 g/mol. The van der Waals surface area contributed by atoms with Crippen molar-refractivity contribution in [1.29, 1.82) is 0 Å². The van der Waals surface area contributed by atoms with Gasteiger partial charge in [0.1, 0.15) is 0 Å². The minimum atomic E-state index is -0.977. The van der Waals surface area contributed by atoms with Crippen LogP contribution in [0.4, 0.5) is 0 Å². The molecule has 0 saturated heterocycles. The van der Waals surface area contributed by atoms with Gasteiger partial charge in [-0.05, 0) is 12.8 Å². The van der Waals surface area contributed by atoms with Gasteiger partial charge in [0.05, 0.1) is 19.8 Å². The van der Waals surface area contributed by atoms with Crippen LogP contribution in [0.25, 0.3) is 0 Å². The molecule has 0 amide bonds. The van der Waals surface area contributed by atoms with E-state index in [1.165, 1.54) is 14.0 Å². The van der Waals surface area contributed by atoms with E-state index in [1.807, 2.05) is 6.92 Å². The molecule has 0 saturated carbocycles. The van der Waals surface area contributed by atoms with Crippen molar-refractivity contribution in [3.8, 4) is 0 Å². The lowest BCUT2D eigenvalue weighted by Gasteiger charge is -2.10. The Labute approximate surface area is 115 Å². The zero-order chi connectivity index (χ0) is 15.4. The van der Waals surface area contributed by atoms with Crippen LogP contribution in [-0.4, -0.2) is 50.1 Å². The number of aliphatic hydroxyl groups is 1. The Kier molecular flexibility index (Phi) is 12.7. The van der Waals surface area contributed by atoms with Crippen LogP contribution in [0.1, 0.15) is 34.1 Å². The van der Waals surface area contributed by atoms with Gasteiger partial charge in [0.15, 0.2) is 6.10 Å². The Balaban J connectivity index is 0. The van der Waals surface area contributed by atoms with Gasteiger partial charge >= 0.3 is 11.9 Å². The van der Waals surface area contributed by atoms with Gasteiger partial charge in [0.25, 0.3) is 0 Å². The molecule has 6 nitrogen and oxygen atoms in total. The summed E-state index contributed by atoms with van der Waals surface area (Å²) in [6.07, 6.45) is -0.0508. The van der Waals surface area contributed by atoms with Crippen LogP contribution < -0.4 is 0 Å². The topological polar surface area (TPSA) is 82.1 Å². The second kappa shape index (κ2) is 11.9. The molecule has 114 valence electrons. The van der Waals surface area contributed by atoms with Crippen molar-refractivity contribution in [2.75, 3.05) is 20.8 Å². The first-order valence-corrected chi connectivity index (χ1v) is 6.18. The SMILES string of the molecule is COC(=O)C(O)C(C)C.COC(C)CCOC(C)=O. The summed E-state index contributed by atoms with van der Waals surface area (Å²) in [4.78, 5) is 20.7. The van der Waals surface area contributed by atoms with Crippen molar-refractivity contribution in [3.63, 3.8) is 0 Å². The fourth-order valence-electron chi connectivity index (χ4n) is 0.879. The van der Waals surface area contributed by atoms with Crippen molar-refractivity contribution in [1.82, 2.24) is 0 Å². The van der Waals surface area contributed by atoms with E-state index in [4.69, 9.17) is 14.6 Å². The van der Waals surface area contributed by atoms with E-state index in [9.17, 15) is 9.59 Å². The van der Waals surface area contributed by atoms with Crippen LogP contribution >= 0.6 is 0 Å². The zero-order valence-electron chi connectivity index (χ0n) is 12.6. The highest BCUT2D eigenvalue weighted by atomic mass is 16.5. The average Bonchev–Trinajstić information content (AvgIpc) is 2.36. The normalized spacial score (nSPS) is 13.1. The number of rotatable bonds is 6. The fourth-order valence-corrected chi connectivity index (χ4v) is 0.879. The molecule has 0 radical (unpaired) electrons. The third kappa shape index (κ3) is 13.1. The summed E-state index contributed by atoms with van der Waals surface area (Å²) in [5, 5.41) is 8.92. The summed E-state index contributed by atoms with van der Waals surface area (Å²) in [7, 11) is 2.90. The third-order valence-electron chi connectivity index (χ3n) is 2.31. The van der Waals surface area contributed by atoms with Crippen LogP contribution in [0.2, 0.25) is 0 Å². The molecule has 19 heavy (non-hydrogen) atoms. The molecule has 2 atom stereocenters. The molecule has 0 aliphatic heterocycles. The van der Waals surface area contributed by atoms with Crippen LogP contribution in [0.5, 0.6) is 0 Å². The highest BCUT2D eigenvalue weighted by molar-refractivity contribution is 5.74. The Morgan fingerprint density at radius 3 is 1.95 bits per heavy atom. The molecule has 0 rings (SSSR count). The van der Waals surface area contributed by atoms with Gasteiger partial charge in [-0.25, -0.2) is 4.79 Å². The quantitative estimate of drug-likeness (QED) is 0.734. The lowest BCUT2D eigenvalue weighted by molar-refractivity contribution is -0.152. The summed E-state index contributed by atoms with van der Waals surface area (Å²) in [5.74, 6) is -0.870. The van der Waals surface area contributed by atoms with Crippen molar-refractivity contribution in [2.24, 2.45) is 5.92 Å². The molecule has 0 aromatic rings. The molecular formula is C13H26O6. The molecule has 0 aliphatic rings. The summed E-state index contributed by atoms with van der Waals surface area (Å²) < 4.78 is 13.9. The van der Waals surface area contributed by atoms with Gasteiger partial charge in [-0.3, -0.25) is 4.79 Å². The van der Waals surface area contributed by atoms with Crippen LogP contribution in [0, 0.1) is 5.92 Å². The highest BCUT2D eigenvalue weighted by Crippen LogP contribution is 2.01. The number of ether oxygens (including phenoxy) is 3. The number of aliphatic hydroxyl groups excluding tert-OH is 1. The number of esters is 2. The summed E-state index contributed by atoms with van der Waals surface area (Å²) >= 11 is 0. The average molecular weight is 278 g/mol. The zero-order valence-corrected chi connectivity index (χ0v) is 12.6. The van der Waals surface area contributed by atoms with Gasteiger partial charge in [-0.1, -0.05) is 13.8 Å². The van der Waals surface area contributed by atoms with Gasteiger partial charge in [0.2, 0.25) is 0 Å². The van der Waals surface area contributed by atoms with E-state index in [1.54, 1.807) is 21.0 Å². The maximum absolute atomic E-state index is 10.5. The molecule has 0 aromatic carbocycles. The van der Waals surface area contributed by atoms with E-state index in [-0.39, 0.29) is 18.0 Å². The van der Waals surface area contributed by atoms with Crippen LogP contribution in [0.3, 0.4) is 0 Å². The fraction of sp³-hybridized carbons (Fsp3) is 0.846. The molecule has 0 heterocycles. The standard InChI is InChI=1S/C7H14O3.C6H12O3/c1-6(9-3)4-5-10-7(2)8;1-4(2)5(7)6(8)9-3/h6H,4-5H2,1-3H3;4-5,7H,1-3H3. The largest absolute Gasteiger partial charge is 0.467 e. The number of carbonyl (C=O) groups is 2. The number of methoxy groups -OCH3 is 2. The first-order valence-electron chi connectivity index (χ1n) is 6.18. The Hall–Kier alpha value is -1.14. The first kappa shape index (κ1) is 20.2. The summed E-state index contributed by atoms with van der Waals surface area (Å²) in [6.45, 7) is 7.29. The minimum Gasteiger partial charge on any atom is -0.467 e. The monoisotopic (exact) mass is 278 g/mol. The van der Waals surface area contributed by atoms with E-state index < -0.39 is 12.1 Å². The number of hydrogen-bond donors (Lipinski definition) is 1. The second-order valence-electron chi connectivity index (χ2n) is 4.39. The van der Waals surface area contributed by atoms with Gasteiger partial charge < -0.3 is 19.3 Å². The van der Waals surface area contributed by atoms with Crippen molar-refractivity contribution in [2.45, 2.75) is 46.3 Å². The Bertz CT molecular complexity index is 252. The van der Waals surface area contributed by atoms with Gasteiger partial charge in [0, 0.05) is 20.5 Å². The second-order valence-corrected chi connectivity index (χ2v) is 4.39.